The molecule has 2 aliphatic heterocycles. The van der Waals surface area contributed by atoms with E-state index in [1.807, 2.05) is 0 Å². The molecule has 2 atom stereocenters. The molecule has 3 aromatic rings. The van der Waals surface area contributed by atoms with Crippen LogP contribution >= 0.6 is 0 Å². The van der Waals surface area contributed by atoms with Crippen LogP contribution in [0.2, 0.25) is 0 Å². The van der Waals surface area contributed by atoms with Crippen molar-refractivity contribution in [3.63, 3.8) is 0 Å². The summed E-state index contributed by atoms with van der Waals surface area (Å²) in [6, 6.07) is 7.20. The van der Waals surface area contributed by atoms with Crippen LogP contribution in [0.5, 0.6) is 0 Å². The van der Waals surface area contributed by atoms with Crippen molar-refractivity contribution in [2.45, 2.75) is 24.7 Å². The second kappa shape index (κ2) is 8.75. The highest BCUT2D eigenvalue weighted by molar-refractivity contribution is 5.95. The summed E-state index contributed by atoms with van der Waals surface area (Å²) in [6.45, 7) is 0.762. The second-order valence-electron chi connectivity index (χ2n) is 8.46. The first-order valence-electron chi connectivity index (χ1n) is 11.0. The van der Waals surface area contributed by atoms with Crippen molar-refractivity contribution >= 4 is 17.6 Å². The number of piperazine rings is 1. The third-order valence-corrected chi connectivity index (χ3v) is 6.22. The van der Waals surface area contributed by atoms with Crippen LogP contribution in [0.15, 0.2) is 53.1 Å². The van der Waals surface area contributed by atoms with Gasteiger partial charge in [-0.2, -0.15) is 18.3 Å². The minimum absolute atomic E-state index is 0.0724. The summed E-state index contributed by atoms with van der Waals surface area (Å²) < 4.78 is 60.9. The van der Waals surface area contributed by atoms with Crippen LogP contribution in [-0.2, 0) is 0 Å². The van der Waals surface area contributed by atoms with Crippen LogP contribution in [0.4, 0.5) is 23.4 Å². The molecule has 8 nitrogen and oxygen atoms in total. The molecular weight excluding hydrogens is 470 g/mol. The van der Waals surface area contributed by atoms with Crippen molar-refractivity contribution in [3.05, 3.63) is 71.6 Å². The van der Waals surface area contributed by atoms with Gasteiger partial charge in [0.25, 0.3) is 11.8 Å². The number of anilines is 1. The van der Waals surface area contributed by atoms with Crippen molar-refractivity contribution in [1.29, 1.82) is 0 Å². The average molecular weight is 491 g/mol. The lowest BCUT2D eigenvalue weighted by Gasteiger charge is -2.34. The van der Waals surface area contributed by atoms with Gasteiger partial charge in [-0.25, -0.2) is 9.07 Å². The predicted octanol–water partition coefficient (Wildman–Crippen LogP) is 3.87. The fraction of sp³-hybridized carbons (Fsp3) is 0.348. The molecule has 1 aromatic carbocycles. The lowest BCUT2D eigenvalue weighted by Crippen LogP contribution is -2.50. The minimum Gasteiger partial charge on any atom is -0.467 e. The Morgan fingerprint density at radius 1 is 1.00 bits per heavy atom. The van der Waals surface area contributed by atoms with Gasteiger partial charge in [-0.3, -0.25) is 9.59 Å². The third-order valence-electron chi connectivity index (χ3n) is 6.22. The third kappa shape index (κ3) is 4.47. The Bertz CT molecular complexity index is 1230. The fourth-order valence-corrected chi connectivity index (χ4v) is 4.43. The van der Waals surface area contributed by atoms with E-state index >= 15 is 0 Å². The van der Waals surface area contributed by atoms with Gasteiger partial charge in [0.2, 0.25) is 0 Å². The lowest BCUT2D eigenvalue weighted by atomic mass is 10.0. The number of nitrogens with zero attached hydrogens (tertiary/aromatic N) is 4. The van der Waals surface area contributed by atoms with Gasteiger partial charge < -0.3 is 19.5 Å². The number of furan rings is 1. The maximum atomic E-state index is 13.8. The quantitative estimate of drug-likeness (QED) is 0.563. The molecular formula is C23H21F4N5O3. The summed E-state index contributed by atoms with van der Waals surface area (Å²) >= 11 is 0. The number of fused-ring (bicyclic) bond motifs is 1. The number of hydrogen-bond donors (Lipinski definition) is 1. The summed E-state index contributed by atoms with van der Waals surface area (Å²) in [5.74, 6) is -0.965. The standard InChI is InChI=1S/C23H21F4N5O3/c24-15-4-1-3-14(11-15)21(33)30-6-8-31(9-7-30)22(34)17-13-20-28-16(18-5-2-10-35-18)12-19(23(25,26)27)32(20)29-17/h1-5,10-11,13,16,19,28H,6-9,12H2/t16-,19+/m0/s1. The van der Waals surface area contributed by atoms with Crippen molar-refractivity contribution in [1.82, 2.24) is 19.6 Å². The smallest absolute Gasteiger partial charge is 0.410 e. The summed E-state index contributed by atoms with van der Waals surface area (Å²) in [4.78, 5) is 28.6. The first-order chi connectivity index (χ1) is 16.7. The van der Waals surface area contributed by atoms with Gasteiger partial charge in [0.05, 0.1) is 12.3 Å². The van der Waals surface area contributed by atoms with E-state index < -0.39 is 30.0 Å². The molecule has 0 aliphatic carbocycles. The molecule has 1 saturated heterocycles. The van der Waals surface area contributed by atoms with E-state index in [-0.39, 0.29) is 55.6 Å². The molecule has 0 unspecified atom stereocenters. The average Bonchev–Trinajstić information content (AvgIpc) is 3.52. The summed E-state index contributed by atoms with van der Waals surface area (Å²) in [5.41, 5.74) is 0.0914. The van der Waals surface area contributed by atoms with Crippen LogP contribution in [0.3, 0.4) is 0 Å². The maximum absolute atomic E-state index is 13.8. The zero-order valence-corrected chi connectivity index (χ0v) is 18.3. The number of carbonyl (C=O) groups is 2. The zero-order valence-electron chi connectivity index (χ0n) is 18.3. The Labute approximate surface area is 197 Å². The molecule has 2 aromatic heterocycles. The molecule has 0 bridgehead atoms. The van der Waals surface area contributed by atoms with Gasteiger partial charge in [-0.05, 0) is 30.3 Å². The highest BCUT2D eigenvalue weighted by Gasteiger charge is 2.47. The van der Waals surface area contributed by atoms with Gasteiger partial charge in [0.1, 0.15) is 17.4 Å². The Hall–Kier alpha value is -3.83. The molecule has 2 amide bonds. The van der Waals surface area contributed by atoms with Crippen molar-refractivity contribution in [2.24, 2.45) is 0 Å². The molecule has 1 N–H and O–H groups in total. The molecule has 35 heavy (non-hydrogen) atoms. The number of amides is 2. The van der Waals surface area contributed by atoms with Crippen LogP contribution in [0.1, 0.15) is 45.1 Å². The second-order valence-corrected chi connectivity index (χ2v) is 8.46. The SMILES string of the molecule is O=C(c1cccc(F)c1)N1CCN(C(=O)c2cc3n(n2)[C@@H](C(F)(F)F)C[C@@H](c2ccco2)N3)CC1. The van der Waals surface area contributed by atoms with Crippen LogP contribution < -0.4 is 5.32 Å². The van der Waals surface area contributed by atoms with E-state index in [0.717, 1.165) is 10.7 Å². The van der Waals surface area contributed by atoms with E-state index in [2.05, 4.69) is 10.4 Å². The topological polar surface area (TPSA) is 83.6 Å². The molecule has 184 valence electrons. The first kappa shape index (κ1) is 22.9. The largest absolute Gasteiger partial charge is 0.467 e. The fourth-order valence-electron chi connectivity index (χ4n) is 4.43. The lowest BCUT2D eigenvalue weighted by molar-refractivity contribution is -0.174. The molecule has 5 rings (SSSR count). The number of alkyl halides is 3. The van der Waals surface area contributed by atoms with Gasteiger partial charge in [0, 0.05) is 44.2 Å². The van der Waals surface area contributed by atoms with Crippen LogP contribution in [0, 0.1) is 5.82 Å². The van der Waals surface area contributed by atoms with Crippen molar-refractivity contribution in [3.8, 4) is 0 Å². The Kier molecular flexibility index (Phi) is 5.73. The number of aromatic nitrogens is 2. The van der Waals surface area contributed by atoms with E-state index in [0.29, 0.717) is 5.76 Å². The van der Waals surface area contributed by atoms with E-state index in [4.69, 9.17) is 4.42 Å². The number of nitrogens with one attached hydrogen (secondary N) is 1. The molecule has 0 spiro atoms. The monoisotopic (exact) mass is 491 g/mol. The van der Waals surface area contributed by atoms with Gasteiger partial charge >= 0.3 is 6.18 Å². The molecule has 2 aliphatic rings. The Morgan fingerprint density at radius 3 is 2.34 bits per heavy atom. The van der Waals surface area contributed by atoms with Crippen LogP contribution in [-0.4, -0.2) is 63.7 Å². The Balaban J connectivity index is 1.30. The Morgan fingerprint density at radius 2 is 1.71 bits per heavy atom. The van der Waals surface area contributed by atoms with Crippen molar-refractivity contribution in [2.75, 3.05) is 31.5 Å². The highest BCUT2D eigenvalue weighted by Crippen LogP contribution is 2.43. The maximum Gasteiger partial charge on any atom is 0.410 e. The van der Waals surface area contributed by atoms with E-state index in [1.54, 1.807) is 12.1 Å². The summed E-state index contributed by atoms with van der Waals surface area (Å²) in [7, 11) is 0. The normalized spacial score (nSPS) is 20.3. The minimum atomic E-state index is -4.57. The number of hydrogen-bond acceptors (Lipinski definition) is 5. The molecule has 0 saturated carbocycles. The number of carbonyl (C=O) groups excluding carboxylic acids is 2. The van der Waals surface area contributed by atoms with Gasteiger partial charge in [0.15, 0.2) is 11.7 Å². The zero-order chi connectivity index (χ0) is 24.7. The van der Waals surface area contributed by atoms with Crippen molar-refractivity contribution < 1.29 is 31.6 Å². The predicted molar refractivity (Wildman–Crippen MR) is 115 cm³/mol. The molecule has 1 fully saturated rings. The summed E-state index contributed by atoms with van der Waals surface area (Å²) in [5, 5.41) is 6.97. The van der Waals surface area contributed by atoms with Crippen LogP contribution in [0.25, 0.3) is 0 Å². The van der Waals surface area contributed by atoms with Gasteiger partial charge in [-0.15, -0.1) is 0 Å². The van der Waals surface area contributed by atoms with E-state index in [1.165, 1.54) is 40.3 Å². The molecule has 4 heterocycles. The highest BCUT2D eigenvalue weighted by atomic mass is 19.4. The first-order valence-corrected chi connectivity index (χ1v) is 11.0. The summed E-state index contributed by atoms with van der Waals surface area (Å²) in [6.07, 6.45) is -3.52. The van der Waals surface area contributed by atoms with Gasteiger partial charge in [-0.1, -0.05) is 6.07 Å². The number of halogens is 4. The van der Waals surface area contributed by atoms with E-state index in [9.17, 15) is 27.2 Å². The number of rotatable bonds is 3. The number of benzene rings is 1. The molecule has 0 radical (unpaired) electrons. The molecule has 12 heteroatoms.